The fraction of sp³-hybridized carbons (Fsp3) is 0.364. The molecule has 17 heavy (non-hydrogen) atoms. The minimum absolute atomic E-state index is 0.0262. The normalized spacial score (nSPS) is 19.3. The molecule has 0 radical (unpaired) electrons. The molecule has 1 aromatic rings. The van der Waals surface area contributed by atoms with Crippen molar-refractivity contribution in [2.75, 3.05) is 18.5 Å². The Labute approximate surface area is 112 Å². The Hall–Kier alpha value is -0.780. The number of ether oxygens (including phenoxy) is 1. The molecule has 1 heterocycles. The molecule has 1 fully saturated rings. The minimum atomic E-state index is -0.160. The minimum Gasteiger partial charge on any atom is -0.505 e. The molecule has 6 heteroatoms. The molecule has 92 valence electrons. The van der Waals surface area contributed by atoms with Crippen LogP contribution in [-0.2, 0) is 9.53 Å². The number of anilines is 1. The summed E-state index contributed by atoms with van der Waals surface area (Å²) in [4.78, 5) is 11.8. The standard InChI is InChI=1S/C11H11BrClNO3/c12-8-3-7(13)4-9(10(8)15)14-11(16)6-1-2-17-5-6/h3-4,6,15H,1-2,5H2,(H,14,16)/t6-/m1/s1. The van der Waals surface area contributed by atoms with Crippen molar-refractivity contribution in [1.82, 2.24) is 0 Å². The number of hydrogen-bond donors (Lipinski definition) is 2. The van der Waals surface area contributed by atoms with Gasteiger partial charge in [0.05, 0.1) is 22.7 Å². The van der Waals surface area contributed by atoms with Crippen LogP contribution in [0.5, 0.6) is 5.75 Å². The Morgan fingerprint density at radius 1 is 1.59 bits per heavy atom. The van der Waals surface area contributed by atoms with Crippen LogP contribution in [0.2, 0.25) is 5.02 Å². The maximum absolute atomic E-state index is 11.8. The predicted octanol–water partition coefficient (Wildman–Crippen LogP) is 2.78. The topological polar surface area (TPSA) is 58.6 Å². The summed E-state index contributed by atoms with van der Waals surface area (Å²) >= 11 is 9.01. The summed E-state index contributed by atoms with van der Waals surface area (Å²) in [5.41, 5.74) is 0.307. The van der Waals surface area contributed by atoms with Gasteiger partial charge in [-0.05, 0) is 34.5 Å². The maximum Gasteiger partial charge on any atom is 0.230 e. The highest BCUT2D eigenvalue weighted by Crippen LogP contribution is 2.35. The van der Waals surface area contributed by atoms with Gasteiger partial charge in [-0.15, -0.1) is 0 Å². The maximum atomic E-state index is 11.8. The van der Waals surface area contributed by atoms with Crippen LogP contribution < -0.4 is 5.32 Å². The van der Waals surface area contributed by atoms with Gasteiger partial charge in [0.25, 0.3) is 0 Å². The SMILES string of the molecule is O=C(Nc1cc(Cl)cc(Br)c1O)[C@@H]1CCOC1. The number of hydrogen-bond acceptors (Lipinski definition) is 3. The Bertz CT molecular complexity index is 447. The van der Waals surface area contributed by atoms with Gasteiger partial charge in [0.2, 0.25) is 5.91 Å². The van der Waals surface area contributed by atoms with Crippen LogP contribution in [-0.4, -0.2) is 24.2 Å². The van der Waals surface area contributed by atoms with E-state index >= 15 is 0 Å². The fourth-order valence-corrected chi connectivity index (χ4v) is 2.45. The molecule has 1 aliphatic heterocycles. The first-order chi connectivity index (χ1) is 8.08. The summed E-state index contributed by atoms with van der Waals surface area (Å²) in [5.74, 6) is -0.346. The van der Waals surface area contributed by atoms with Crippen LogP contribution in [0.1, 0.15) is 6.42 Å². The van der Waals surface area contributed by atoms with Crippen molar-refractivity contribution in [2.24, 2.45) is 5.92 Å². The summed E-state index contributed by atoms with van der Waals surface area (Å²) in [6.45, 7) is 1.03. The second-order valence-corrected chi connectivity index (χ2v) is 5.12. The van der Waals surface area contributed by atoms with Gasteiger partial charge in [0.15, 0.2) is 5.75 Å². The number of carbonyl (C=O) groups is 1. The monoisotopic (exact) mass is 319 g/mol. The van der Waals surface area contributed by atoms with E-state index in [4.69, 9.17) is 16.3 Å². The lowest BCUT2D eigenvalue weighted by atomic mass is 10.1. The largest absolute Gasteiger partial charge is 0.505 e. The number of benzene rings is 1. The number of phenolic OH excluding ortho intramolecular Hbond substituents is 1. The average molecular weight is 321 g/mol. The first-order valence-corrected chi connectivity index (χ1v) is 6.31. The Kier molecular flexibility index (Phi) is 3.91. The van der Waals surface area contributed by atoms with Crippen molar-refractivity contribution in [3.05, 3.63) is 21.6 Å². The second kappa shape index (κ2) is 5.25. The fourth-order valence-electron chi connectivity index (χ4n) is 1.64. The molecule has 1 saturated heterocycles. The summed E-state index contributed by atoms with van der Waals surface area (Å²) in [7, 11) is 0. The third-order valence-electron chi connectivity index (χ3n) is 2.59. The quantitative estimate of drug-likeness (QED) is 0.824. The van der Waals surface area contributed by atoms with Crippen molar-refractivity contribution >= 4 is 39.1 Å². The number of rotatable bonds is 2. The van der Waals surface area contributed by atoms with E-state index in [-0.39, 0.29) is 17.6 Å². The van der Waals surface area contributed by atoms with Gasteiger partial charge in [0, 0.05) is 11.6 Å². The molecule has 1 aliphatic rings. The van der Waals surface area contributed by atoms with Crippen LogP contribution in [0.4, 0.5) is 5.69 Å². The molecule has 0 aliphatic carbocycles. The van der Waals surface area contributed by atoms with E-state index in [9.17, 15) is 9.90 Å². The Morgan fingerprint density at radius 2 is 2.35 bits per heavy atom. The highest BCUT2D eigenvalue weighted by molar-refractivity contribution is 9.10. The van der Waals surface area contributed by atoms with E-state index in [1.807, 2.05) is 0 Å². The lowest BCUT2D eigenvalue weighted by Gasteiger charge is -2.12. The molecule has 1 aromatic carbocycles. The highest BCUT2D eigenvalue weighted by atomic mass is 79.9. The third-order valence-corrected chi connectivity index (χ3v) is 3.41. The van der Waals surface area contributed by atoms with Gasteiger partial charge in [-0.3, -0.25) is 4.79 Å². The van der Waals surface area contributed by atoms with Crippen LogP contribution in [0.25, 0.3) is 0 Å². The van der Waals surface area contributed by atoms with E-state index < -0.39 is 0 Å². The van der Waals surface area contributed by atoms with E-state index in [2.05, 4.69) is 21.2 Å². The van der Waals surface area contributed by atoms with Crippen LogP contribution >= 0.6 is 27.5 Å². The zero-order valence-corrected chi connectivity index (χ0v) is 11.2. The molecule has 0 spiro atoms. The molecule has 1 amide bonds. The number of carbonyl (C=O) groups excluding carboxylic acids is 1. The molecule has 0 saturated carbocycles. The number of phenols is 1. The average Bonchev–Trinajstić information content (AvgIpc) is 2.78. The van der Waals surface area contributed by atoms with Gasteiger partial charge in [-0.2, -0.15) is 0 Å². The van der Waals surface area contributed by atoms with Gasteiger partial charge in [-0.1, -0.05) is 11.6 Å². The second-order valence-electron chi connectivity index (χ2n) is 3.83. The van der Waals surface area contributed by atoms with Crippen LogP contribution in [0.15, 0.2) is 16.6 Å². The van der Waals surface area contributed by atoms with E-state index in [1.165, 1.54) is 6.07 Å². The van der Waals surface area contributed by atoms with Crippen LogP contribution in [0.3, 0.4) is 0 Å². The summed E-state index contributed by atoms with van der Waals surface area (Å²) in [6.07, 6.45) is 0.703. The third kappa shape index (κ3) is 2.91. The van der Waals surface area contributed by atoms with Gasteiger partial charge >= 0.3 is 0 Å². The first kappa shape index (κ1) is 12.7. The molecule has 2 N–H and O–H groups in total. The summed E-state index contributed by atoms with van der Waals surface area (Å²) in [6, 6.07) is 3.07. The first-order valence-electron chi connectivity index (χ1n) is 5.14. The van der Waals surface area contributed by atoms with Gasteiger partial charge in [-0.25, -0.2) is 0 Å². The lowest BCUT2D eigenvalue weighted by molar-refractivity contribution is -0.119. The zero-order valence-electron chi connectivity index (χ0n) is 8.87. The predicted molar refractivity (Wildman–Crippen MR) is 68.4 cm³/mol. The Morgan fingerprint density at radius 3 is 3.00 bits per heavy atom. The lowest BCUT2D eigenvalue weighted by Crippen LogP contribution is -2.22. The van der Waals surface area contributed by atoms with Crippen molar-refractivity contribution in [3.63, 3.8) is 0 Å². The van der Waals surface area contributed by atoms with Crippen molar-refractivity contribution in [2.45, 2.75) is 6.42 Å². The van der Waals surface area contributed by atoms with Gasteiger partial charge < -0.3 is 15.2 Å². The number of aromatic hydroxyl groups is 1. The van der Waals surface area contributed by atoms with Gasteiger partial charge in [0.1, 0.15) is 0 Å². The molecule has 2 rings (SSSR count). The van der Waals surface area contributed by atoms with Crippen molar-refractivity contribution in [3.8, 4) is 5.75 Å². The van der Waals surface area contributed by atoms with Crippen molar-refractivity contribution in [1.29, 1.82) is 0 Å². The number of halogens is 2. The smallest absolute Gasteiger partial charge is 0.230 e. The molecule has 1 atom stereocenters. The molecule has 4 nitrogen and oxygen atoms in total. The van der Waals surface area contributed by atoms with Crippen molar-refractivity contribution < 1.29 is 14.6 Å². The molecular formula is C11H11BrClNO3. The van der Waals surface area contributed by atoms with E-state index in [1.54, 1.807) is 6.07 Å². The number of nitrogens with one attached hydrogen (secondary N) is 1. The van der Waals surface area contributed by atoms with Crippen LogP contribution in [0, 0.1) is 5.92 Å². The zero-order chi connectivity index (χ0) is 12.4. The molecule has 0 unspecified atom stereocenters. The molecular weight excluding hydrogens is 309 g/mol. The Balaban J connectivity index is 2.15. The summed E-state index contributed by atoms with van der Waals surface area (Å²) in [5, 5.41) is 12.9. The molecule has 0 bridgehead atoms. The summed E-state index contributed by atoms with van der Waals surface area (Å²) < 4.78 is 5.58. The molecule has 0 aromatic heterocycles. The number of amides is 1. The van der Waals surface area contributed by atoms with E-state index in [0.717, 1.165) is 0 Å². The highest BCUT2D eigenvalue weighted by Gasteiger charge is 2.24. The van der Waals surface area contributed by atoms with E-state index in [0.29, 0.717) is 34.8 Å².